The Morgan fingerprint density at radius 2 is 1.31 bits per heavy atom. The minimum Gasteiger partial charge on any atom is -0.393 e. The van der Waals surface area contributed by atoms with E-state index in [2.05, 4.69) is 31.7 Å². The summed E-state index contributed by atoms with van der Waals surface area (Å²) in [5.74, 6) is 0. The lowest BCUT2D eigenvalue weighted by molar-refractivity contribution is -0.138. The minimum absolute atomic E-state index is 0. The van der Waals surface area contributed by atoms with Gasteiger partial charge in [0.15, 0.2) is 0 Å². The van der Waals surface area contributed by atoms with Crippen molar-refractivity contribution >= 4 is 57.8 Å². The fraction of sp³-hybridized carbons (Fsp3) is 0.317. The number of aliphatic hydroxyl groups excluding tert-OH is 4. The topological polar surface area (TPSA) is 181 Å². The molecule has 0 unspecified atom stereocenters. The number of nitrogens with zero attached hydrogens (tertiary/aromatic N) is 4. The van der Waals surface area contributed by atoms with Gasteiger partial charge in [0.05, 0.1) is 51.5 Å². The Kier molecular flexibility index (Phi) is 19.1. The molecule has 0 spiro atoms. The molecule has 6 rings (SSSR count). The van der Waals surface area contributed by atoms with E-state index in [1.165, 1.54) is 35.4 Å². The van der Waals surface area contributed by atoms with Crippen molar-refractivity contribution in [3.05, 3.63) is 129 Å². The summed E-state index contributed by atoms with van der Waals surface area (Å²) in [6.45, 7) is 1.63. The maximum Gasteiger partial charge on any atom is 0.416 e. The second kappa shape index (κ2) is 23.2. The van der Waals surface area contributed by atoms with Crippen LogP contribution in [0.25, 0.3) is 11.1 Å². The number of carbonyl (C=O) groups excluding carboxylic acids is 2. The van der Waals surface area contributed by atoms with Gasteiger partial charge in [0.25, 0.3) is 0 Å². The molecule has 12 nitrogen and oxygen atoms in total. The molecule has 6 N–H and O–H groups in total. The van der Waals surface area contributed by atoms with E-state index >= 15 is 0 Å². The van der Waals surface area contributed by atoms with Crippen LogP contribution in [0.4, 0.5) is 42.5 Å². The first kappa shape index (κ1) is 50.2. The van der Waals surface area contributed by atoms with Crippen LogP contribution in [-0.4, -0.2) is 86.8 Å². The molecular formula is C41H42Cl2F6N6O6. The van der Waals surface area contributed by atoms with Gasteiger partial charge in [0, 0.05) is 48.8 Å². The molecule has 0 fully saturated rings. The van der Waals surface area contributed by atoms with Gasteiger partial charge >= 0.3 is 18.4 Å². The van der Waals surface area contributed by atoms with E-state index in [0.717, 1.165) is 72.7 Å². The summed E-state index contributed by atoms with van der Waals surface area (Å²) in [5.41, 5.74) is 3.08. The number of benzene rings is 2. The molecule has 2 aliphatic heterocycles. The second-order valence-electron chi connectivity index (χ2n) is 13.0. The maximum absolute atomic E-state index is 12.6. The first-order valence-corrected chi connectivity index (χ1v) is 18.7. The average Bonchev–Trinajstić information content (AvgIpc) is 3.23. The van der Waals surface area contributed by atoms with Gasteiger partial charge in [-0.15, -0.1) is 0 Å². The molecule has 0 radical (unpaired) electrons. The van der Waals surface area contributed by atoms with Crippen LogP contribution in [0.2, 0.25) is 10.0 Å². The Bertz CT molecular complexity index is 2180. The summed E-state index contributed by atoms with van der Waals surface area (Å²) < 4.78 is 73.8. The first-order valence-electron chi connectivity index (χ1n) is 17.9. The summed E-state index contributed by atoms with van der Waals surface area (Å²) in [6.07, 6.45) is -1.29. The fourth-order valence-corrected chi connectivity index (χ4v) is 6.17. The summed E-state index contributed by atoms with van der Waals surface area (Å²) in [6, 6.07) is 10.9. The van der Waals surface area contributed by atoms with E-state index in [-0.39, 0.29) is 32.0 Å². The Labute approximate surface area is 356 Å². The van der Waals surface area contributed by atoms with Gasteiger partial charge in [-0.25, -0.2) is 9.59 Å². The minimum atomic E-state index is -4.43. The molecule has 2 amide bonds. The monoisotopic (exact) mass is 898 g/mol. The van der Waals surface area contributed by atoms with Gasteiger partial charge in [-0.2, -0.15) is 31.3 Å². The Balaban J connectivity index is 0.000000270. The predicted molar refractivity (Wildman–Crippen MR) is 219 cm³/mol. The number of urea groups is 1. The molecule has 0 aliphatic carbocycles. The van der Waals surface area contributed by atoms with Crippen molar-refractivity contribution in [3.8, 4) is 0 Å². The summed E-state index contributed by atoms with van der Waals surface area (Å²) in [4.78, 5) is 35.3. The largest absolute Gasteiger partial charge is 0.416 e. The zero-order valence-electron chi connectivity index (χ0n) is 31.3. The molecule has 4 aromatic rings. The quantitative estimate of drug-likeness (QED) is 0.0574. The van der Waals surface area contributed by atoms with Gasteiger partial charge in [0.1, 0.15) is 12.2 Å². The number of hydrogen-bond donors (Lipinski definition) is 6. The third-order valence-electron chi connectivity index (χ3n) is 8.84. The number of isocyanates is 1. The molecule has 0 saturated heterocycles. The molecule has 0 bridgehead atoms. The van der Waals surface area contributed by atoms with E-state index in [4.69, 9.17) is 33.4 Å². The van der Waals surface area contributed by atoms with Gasteiger partial charge in [0.2, 0.25) is 6.08 Å². The van der Waals surface area contributed by atoms with Gasteiger partial charge in [-0.1, -0.05) is 42.8 Å². The maximum atomic E-state index is 12.6. The molecule has 61 heavy (non-hydrogen) atoms. The predicted octanol–water partition coefficient (Wildman–Crippen LogP) is 8.55. The lowest BCUT2D eigenvalue weighted by atomic mass is 10.0. The highest BCUT2D eigenvalue weighted by atomic mass is 35.5. The standard InChI is InChI=1S/C20H19ClF3N3O3.C12H15ClN2O2.C8H4F3NO.CH4/c21-16-9-13(17(29)11-28)10-25-18(16)12-5-7-27(8-6-12)19(30)26-15-3-1-14(2-4-15)20(22,23)24;13-10-5-9(11(17)7-16)6-15-12(10)8-1-3-14-4-2-8;9-8(10,11)6-1-3-7(4-2-6)12-5-13;/h1-5,9-10,17,28-29H,6-8,11H2,(H,26,30);1,5-6,11,14,16-17H,2-4,7H2;1-4H;1H4/t17-;11-;;/m11../s1. The van der Waals surface area contributed by atoms with Crippen molar-refractivity contribution in [2.24, 2.45) is 4.99 Å². The van der Waals surface area contributed by atoms with Crippen LogP contribution < -0.4 is 10.6 Å². The van der Waals surface area contributed by atoms with E-state index in [1.807, 2.05) is 0 Å². The number of halogens is 8. The number of nitrogens with one attached hydrogen (secondary N) is 2. The van der Waals surface area contributed by atoms with Gasteiger partial charge in [-0.3, -0.25) is 9.97 Å². The molecule has 2 aromatic carbocycles. The van der Waals surface area contributed by atoms with Crippen LogP contribution in [0, 0.1) is 0 Å². The molecule has 4 heterocycles. The molecule has 2 aromatic heterocycles. The SMILES string of the molecule is C.O=C(Nc1ccc(C(F)(F)F)cc1)N1CC=C(c2ncc([C@H](O)CO)cc2Cl)CC1.O=C=Nc1ccc(C(F)(F)F)cc1.OC[C@@H](O)c1cnc(C2=CCNCC2)c(Cl)c1. The number of pyridine rings is 2. The lowest BCUT2D eigenvalue weighted by Gasteiger charge is -2.27. The van der Waals surface area contributed by atoms with Crippen molar-refractivity contribution < 1.29 is 56.4 Å². The lowest BCUT2D eigenvalue weighted by Crippen LogP contribution is -2.38. The van der Waals surface area contributed by atoms with E-state index in [0.29, 0.717) is 39.8 Å². The van der Waals surface area contributed by atoms with Crippen LogP contribution in [0.3, 0.4) is 0 Å². The number of rotatable bonds is 8. The molecule has 0 saturated carbocycles. The highest BCUT2D eigenvalue weighted by molar-refractivity contribution is 6.32. The zero-order chi connectivity index (χ0) is 44.0. The number of aliphatic imine (C=N–C) groups is 1. The summed E-state index contributed by atoms with van der Waals surface area (Å²) in [5, 5.41) is 43.6. The molecule has 2 atom stereocenters. The Hall–Kier alpha value is -5.17. The Morgan fingerprint density at radius 1 is 0.820 bits per heavy atom. The van der Waals surface area contributed by atoms with E-state index < -0.39 is 48.3 Å². The van der Waals surface area contributed by atoms with Crippen LogP contribution in [0.15, 0.2) is 90.2 Å². The van der Waals surface area contributed by atoms with Crippen LogP contribution >= 0.6 is 23.2 Å². The number of amides is 2. The highest BCUT2D eigenvalue weighted by Crippen LogP contribution is 2.33. The normalized spacial score (nSPS) is 14.9. The average molecular weight is 900 g/mol. The number of alkyl halides is 6. The van der Waals surface area contributed by atoms with E-state index in [9.17, 15) is 46.1 Å². The summed E-state index contributed by atoms with van der Waals surface area (Å²) >= 11 is 12.4. The molecule has 20 heteroatoms. The highest BCUT2D eigenvalue weighted by Gasteiger charge is 2.31. The summed E-state index contributed by atoms with van der Waals surface area (Å²) in [7, 11) is 0. The number of aromatic nitrogens is 2. The third kappa shape index (κ3) is 14.8. The van der Waals surface area contributed by atoms with Gasteiger partial charge in [-0.05, 0) is 91.2 Å². The smallest absolute Gasteiger partial charge is 0.393 e. The van der Waals surface area contributed by atoms with Crippen molar-refractivity contribution in [1.82, 2.24) is 20.2 Å². The fourth-order valence-electron chi connectivity index (χ4n) is 5.58. The van der Waals surface area contributed by atoms with Crippen molar-refractivity contribution in [2.75, 3.05) is 44.7 Å². The second-order valence-corrected chi connectivity index (χ2v) is 13.8. The first-order chi connectivity index (χ1) is 28.4. The van der Waals surface area contributed by atoms with Crippen LogP contribution in [0.5, 0.6) is 0 Å². The molecular weight excluding hydrogens is 857 g/mol. The van der Waals surface area contributed by atoms with Crippen molar-refractivity contribution in [3.63, 3.8) is 0 Å². The zero-order valence-corrected chi connectivity index (χ0v) is 32.8. The number of hydrogen-bond acceptors (Lipinski definition) is 10. The van der Waals surface area contributed by atoms with Crippen LogP contribution in [0.1, 0.15) is 66.1 Å². The number of aliphatic hydroxyl groups is 4. The third-order valence-corrected chi connectivity index (χ3v) is 9.42. The van der Waals surface area contributed by atoms with Crippen molar-refractivity contribution in [2.45, 2.75) is 44.8 Å². The molecule has 2 aliphatic rings. The number of carbonyl (C=O) groups is 1. The van der Waals surface area contributed by atoms with Crippen molar-refractivity contribution in [1.29, 1.82) is 0 Å². The Morgan fingerprint density at radius 3 is 1.70 bits per heavy atom. The van der Waals surface area contributed by atoms with Gasteiger partial charge < -0.3 is 36.0 Å². The molecule has 328 valence electrons. The van der Waals surface area contributed by atoms with Crippen LogP contribution in [-0.2, 0) is 17.1 Å². The number of anilines is 1. The van der Waals surface area contributed by atoms with E-state index in [1.54, 1.807) is 18.3 Å².